The first kappa shape index (κ1) is 13.7. The Kier molecular flexibility index (Phi) is 4.90. The van der Waals surface area contributed by atoms with E-state index in [0.717, 1.165) is 6.54 Å². The van der Waals surface area contributed by atoms with Gasteiger partial charge in [-0.2, -0.15) is 0 Å². The standard InChI is InChI=1S/C14H17Cl2NO/c15-11-6-7-12(13(16)8-11)14(18)17-9-10-4-2-1-3-5-10/h6-8,10H,1-5,9H2,(H,17,18). The van der Waals surface area contributed by atoms with Crippen molar-refractivity contribution in [3.8, 4) is 0 Å². The molecular weight excluding hydrogens is 269 g/mol. The monoisotopic (exact) mass is 285 g/mol. The zero-order valence-electron chi connectivity index (χ0n) is 10.2. The molecule has 1 aliphatic carbocycles. The fourth-order valence-electron chi connectivity index (χ4n) is 2.40. The van der Waals surface area contributed by atoms with Gasteiger partial charge in [-0.15, -0.1) is 0 Å². The van der Waals surface area contributed by atoms with Crippen molar-refractivity contribution < 1.29 is 4.79 Å². The Morgan fingerprint density at radius 3 is 2.61 bits per heavy atom. The van der Waals surface area contributed by atoms with E-state index in [-0.39, 0.29) is 5.91 Å². The third-order valence-electron chi connectivity index (χ3n) is 3.45. The molecule has 0 bridgehead atoms. The first-order chi connectivity index (χ1) is 8.66. The van der Waals surface area contributed by atoms with Crippen LogP contribution in [0.15, 0.2) is 18.2 Å². The summed E-state index contributed by atoms with van der Waals surface area (Å²) in [7, 11) is 0. The molecule has 0 spiro atoms. The van der Waals surface area contributed by atoms with Gasteiger partial charge in [0.15, 0.2) is 0 Å². The molecule has 0 saturated heterocycles. The van der Waals surface area contributed by atoms with Gasteiger partial charge in [-0.05, 0) is 37.0 Å². The second-order valence-electron chi connectivity index (χ2n) is 4.84. The Morgan fingerprint density at radius 2 is 1.94 bits per heavy atom. The van der Waals surface area contributed by atoms with Crippen LogP contribution in [-0.4, -0.2) is 12.5 Å². The maximum atomic E-state index is 12.0. The van der Waals surface area contributed by atoms with Crippen LogP contribution >= 0.6 is 23.2 Å². The van der Waals surface area contributed by atoms with Crippen LogP contribution in [0.5, 0.6) is 0 Å². The van der Waals surface area contributed by atoms with Crippen molar-refractivity contribution in [1.29, 1.82) is 0 Å². The van der Waals surface area contributed by atoms with Crippen LogP contribution in [0.25, 0.3) is 0 Å². The van der Waals surface area contributed by atoms with E-state index in [1.54, 1.807) is 18.2 Å². The van der Waals surface area contributed by atoms with Crippen molar-refractivity contribution in [2.75, 3.05) is 6.54 Å². The first-order valence-electron chi connectivity index (χ1n) is 6.40. The van der Waals surface area contributed by atoms with Crippen molar-refractivity contribution in [3.63, 3.8) is 0 Å². The molecule has 1 aliphatic rings. The Morgan fingerprint density at radius 1 is 1.22 bits per heavy atom. The second-order valence-corrected chi connectivity index (χ2v) is 5.68. The van der Waals surface area contributed by atoms with E-state index < -0.39 is 0 Å². The molecule has 0 heterocycles. The van der Waals surface area contributed by atoms with Gasteiger partial charge in [-0.1, -0.05) is 42.5 Å². The first-order valence-corrected chi connectivity index (χ1v) is 7.15. The highest BCUT2D eigenvalue weighted by molar-refractivity contribution is 6.36. The number of amides is 1. The lowest BCUT2D eigenvalue weighted by atomic mass is 9.89. The largest absolute Gasteiger partial charge is 0.352 e. The van der Waals surface area contributed by atoms with Crippen molar-refractivity contribution in [2.45, 2.75) is 32.1 Å². The zero-order chi connectivity index (χ0) is 13.0. The lowest BCUT2D eigenvalue weighted by Gasteiger charge is -2.21. The van der Waals surface area contributed by atoms with Crippen LogP contribution in [0, 0.1) is 5.92 Å². The van der Waals surface area contributed by atoms with Crippen LogP contribution in [0.3, 0.4) is 0 Å². The van der Waals surface area contributed by atoms with E-state index in [2.05, 4.69) is 5.32 Å². The lowest BCUT2D eigenvalue weighted by Crippen LogP contribution is -2.30. The summed E-state index contributed by atoms with van der Waals surface area (Å²) in [6, 6.07) is 4.95. The number of hydrogen-bond acceptors (Lipinski definition) is 1. The normalized spacial score (nSPS) is 16.6. The predicted octanol–water partition coefficient (Wildman–Crippen LogP) is 4.30. The summed E-state index contributed by atoms with van der Waals surface area (Å²) < 4.78 is 0. The summed E-state index contributed by atoms with van der Waals surface area (Å²) in [5.74, 6) is 0.510. The van der Waals surface area contributed by atoms with Crippen LogP contribution in [0.1, 0.15) is 42.5 Å². The molecule has 1 fully saturated rings. The Hall–Kier alpha value is -0.730. The Bertz CT molecular complexity index is 428. The quantitative estimate of drug-likeness (QED) is 0.881. The number of halogens is 2. The molecule has 4 heteroatoms. The summed E-state index contributed by atoms with van der Waals surface area (Å²) in [4.78, 5) is 12.0. The molecular formula is C14H17Cl2NO. The minimum atomic E-state index is -0.109. The fraction of sp³-hybridized carbons (Fsp3) is 0.500. The average Bonchev–Trinajstić information content (AvgIpc) is 2.37. The molecule has 18 heavy (non-hydrogen) atoms. The number of carbonyl (C=O) groups is 1. The molecule has 0 aromatic heterocycles. The van der Waals surface area contributed by atoms with Crippen LogP contribution in [0.2, 0.25) is 10.0 Å². The molecule has 1 saturated carbocycles. The van der Waals surface area contributed by atoms with Gasteiger partial charge in [0.25, 0.3) is 5.91 Å². The summed E-state index contributed by atoms with van der Waals surface area (Å²) in [5.41, 5.74) is 0.497. The van der Waals surface area contributed by atoms with Gasteiger partial charge in [0.05, 0.1) is 10.6 Å². The van der Waals surface area contributed by atoms with Gasteiger partial charge < -0.3 is 5.32 Å². The molecule has 1 aromatic carbocycles. The number of rotatable bonds is 3. The number of hydrogen-bond donors (Lipinski definition) is 1. The third-order valence-corrected chi connectivity index (χ3v) is 4.00. The van der Waals surface area contributed by atoms with Crippen molar-refractivity contribution in [3.05, 3.63) is 33.8 Å². The SMILES string of the molecule is O=C(NCC1CCCCC1)c1ccc(Cl)cc1Cl. The van der Waals surface area contributed by atoms with Gasteiger partial charge >= 0.3 is 0 Å². The molecule has 1 aromatic rings. The van der Waals surface area contributed by atoms with Crippen molar-refractivity contribution >= 4 is 29.1 Å². The van der Waals surface area contributed by atoms with E-state index in [4.69, 9.17) is 23.2 Å². The number of carbonyl (C=O) groups excluding carboxylic acids is 1. The molecule has 2 nitrogen and oxygen atoms in total. The number of benzene rings is 1. The molecule has 1 N–H and O–H groups in total. The molecule has 0 radical (unpaired) electrons. The van der Waals surface area contributed by atoms with E-state index in [1.807, 2.05) is 0 Å². The molecule has 0 atom stereocenters. The lowest BCUT2D eigenvalue weighted by molar-refractivity contribution is 0.0943. The minimum Gasteiger partial charge on any atom is -0.352 e. The highest BCUT2D eigenvalue weighted by Crippen LogP contribution is 2.24. The maximum Gasteiger partial charge on any atom is 0.252 e. The number of nitrogens with one attached hydrogen (secondary N) is 1. The van der Waals surface area contributed by atoms with Crippen molar-refractivity contribution in [2.24, 2.45) is 5.92 Å². The topological polar surface area (TPSA) is 29.1 Å². The summed E-state index contributed by atoms with van der Waals surface area (Å²) in [6.45, 7) is 0.748. The smallest absolute Gasteiger partial charge is 0.252 e. The van der Waals surface area contributed by atoms with Gasteiger partial charge in [0, 0.05) is 11.6 Å². The Labute approximate surface area is 118 Å². The summed E-state index contributed by atoms with van der Waals surface area (Å²) in [6.07, 6.45) is 6.32. The van der Waals surface area contributed by atoms with Gasteiger partial charge in [-0.25, -0.2) is 0 Å². The van der Waals surface area contributed by atoms with Gasteiger partial charge in [0.2, 0.25) is 0 Å². The zero-order valence-corrected chi connectivity index (χ0v) is 11.7. The maximum absolute atomic E-state index is 12.0. The van der Waals surface area contributed by atoms with Gasteiger partial charge in [0.1, 0.15) is 0 Å². The van der Waals surface area contributed by atoms with Crippen molar-refractivity contribution in [1.82, 2.24) is 5.32 Å². The highest BCUT2D eigenvalue weighted by atomic mass is 35.5. The molecule has 1 amide bonds. The molecule has 0 unspecified atom stereocenters. The van der Waals surface area contributed by atoms with Crippen LogP contribution in [-0.2, 0) is 0 Å². The predicted molar refractivity (Wildman–Crippen MR) is 75.4 cm³/mol. The second kappa shape index (κ2) is 6.44. The van der Waals surface area contributed by atoms with Gasteiger partial charge in [-0.3, -0.25) is 4.79 Å². The average molecular weight is 286 g/mol. The van der Waals surface area contributed by atoms with E-state index in [1.165, 1.54) is 32.1 Å². The van der Waals surface area contributed by atoms with Crippen LogP contribution < -0.4 is 5.32 Å². The molecule has 0 aliphatic heterocycles. The van der Waals surface area contributed by atoms with E-state index in [0.29, 0.717) is 21.5 Å². The molecule has 2 rings (SSSR count). The highest BCUT2D eigenvalue weighted by Gasteiger charge is 2.16. The summed E-state index contributed by atoms with van der Waals surface area (Å²) in [5, 5.41) is 3.91. The minimum absolute atomic E-state index is 0.109. The van der Waals surface area contributed by atoms with E-state index >= 15 is 0 Å². The van der Waals surface area contributed by atoms with Crippen LogP contribution in [0.4, 0.5) is 0 Å². The summed E-state index contributed by atoms with van der Waals surface area (Å²) >= 11 is 11.8. The molecule has 98 valence electrons. The third kappa shape index (κ3) is 3.63. The Balaban J connectivity index is 1.90. The van der Waals surface area contributed by atoms with E-state index in [9.17, 15) is 4.79 Å². The fourth-order valence-corrected chi connectivity index (χ4v) is 2.89.